The normalized spacial score (nSPS) is 23.6. The van der Waals surface area contributed by atoms with Crippen LogP contribution in [0.25, 0.3) is 0 Å². The Balaban J connectivity index is 1.95. The van der Waals surface area contributed by atoms with Gasteiger partial charge in [0.2, 0.25) is 5.91 Å². The summed E-state index contributed by atoms with van der Waals surface area (Å²) in [7, 11) is 0. The summed E-state index contributed by atoms with van der Waals surface area (Å²) in [6.45, 7) is 3.97. The molecule has 1 fully saturated rings. The van der Waals surface area contributed by atoms with Crippen LogP contribution in [0.4, 0.5) is 4.39 Å². The fraction of sp³-hybridized carbons (Fsp3) is 0.533. The molecule has 0 aliphatic carbocycles. The SMILES string of the molecule is Cc1ccc(C(C)NC(=O)[C@@H]2CC[C@H](CN)O2)cc1F. The number of halogens is 1. The molecule has 0 aromatic heterocycles. The van der Waals surface area contributed by atoms with Crippen molar-refractivity contribution in [2.75, 3.05) is 6.54 Å². The van der Waals surface area contributed by atoms with Crippen LogP contribution in [0.5, 0.6) is 0 Å². The van der Waals surface area contributed by atoms with Crippen LogP contribution in [-0.2, 0) is 9.53 Å². The zero-order valence-electron chi connectivity index (χ0n) is 11.9. The molecule has 1 aromatic carbocycles. The summed E-state index contributed by atoms with van der Waals surface area (Å²) in [6, 6.07) is 4.74. The number of benzene rings is 1. The topological polar surface area (TPSA) is 64.4 Å². The van der Waals surface area contributed by atoms with Gasteiger partial charge in [-0.2, -0.15) is 0 Å². The fourth-order valence-corrected chi connectivity index (χ4v) is 2.34. The molecule has 0 saturated carbocycles. The van der Waals surface area contributed by atoms with Crippen molar-refractivity contribution in [3.05, 3.63) is 35.1 Å². The van der Waals surface area contributed by atoms with Crippen LogP contribution in [0.3, 0.4) is 0 Å². The van der Waals surface area contributed by atoms with Gasteiger partial charge in [-0.1, -0.05) is 12.1 Å². The first-order valence-electron chi connectivity index (χ1n) is 6.93. The van der Waals surface area contributed by atoms with E-state index in [-0.39, 0.29) is 23.9 Å². The van der Waals surface area contributed by atoms with Gasteiger partial charge in [-0.05, 0) is 43.9 Å². The Bertz CT molecular complexity index is 493. The number of aryl methyl sites for hydroxylation is 1. The third-order valence-corrected chi connectivity index (χ3v) is 3.72. The lowest BCUT2D eigenvalue weighted by Crippen LogP contribution is -2.37. The number of carbonyl (C=O) groups excluding carboxylic acids is 1. The van der Waals surface area contributed by atoms with Crippen LogP contribution in [-0.4, -0.2) is 24.7 Å². The van der Waals surface area contributed by atoms with Gasteiger partial charge in [0, 0.05) is 6.54 Å². The molecule has 1 aliphatic heterocycles. The maximum Gasteiger partial charge on any atom is 0.249 e. The van der Waals surface area contributed by atoms with E-state index in [0.717, 1.165) is 12.0 Å². The predicted molar refractivity (Wildman–Crippen MR) is 74.6 cm³/mol. The number of amides is 1. The summed E-state index contributed by atoms with van der Waals surface area (Å²) < 4.78 is 19.1. The second-order valence-electron chi connectivity index (χ2n) is 5.30. The van der Waals surface area contributed by atoms with Crippen LogP contribution in [0.2, 0.25) is 0 Å². The summed E-state index contributed by atoms with van der Waals surface area (Å²) in [6.07, 6.45) is 1.02. The zero-order valence-corrected chi connectivity index (χ0v) is 11.9. The van der Waals surface area contributed by atoms with Crippen molar-refractivity contribution >= 4 is 5.91 Å². The van der Waals surface area contributed by atoms with E-state index in [2.05, 4.69) is 5.32 Å². The average molecular weight is 280 g/mol. The molecule has 1 unspecified atom stereocenters. The Labute approximate surface area is 118 Å². The highest BCUT2D eigenvalue weighted by molar-refractivity contribution is 5.81. The number of rotatable bonds is 4. The van der Waals surface area contributed by atoms with Crippen LogP contribution in [0, 0.1) is 12.7 Å². The molecule has 1 aliphatic rings. The highest BCUT2D eigenvalue weighted by atomic mass is 19.1. The molecule has 20 heavy (non-hydrogen) atoms. The molecule has 2 rings (SSSR count). The Morgan fingerprint density at radius 1 is 1.55 bits per heavy atom. The van der Waals surface area contributed by atoms with Gasteiger partial charge in [-0.15, -0.1) is 0 Å². The van der Waals surface area contributed by atoms with Gasteiger partial charge in [0.15, 0.2) is 0 Å². The van der Waals surface area contributed by atoms with Crippen LogP contribution >= 0.6 is 0 Å². The summed E-state index contributed by atoms with van der Waals surface area (Å²) in [4.78, 5) is 12.1. The largest absolute Gasteiger partial charge is 0.364 e. The molecule has 3 N–H and O–H groups in total. The van der Waals surface area contributed by atoms with Crippen molar-refractivity contribution in [1.29, 1.82) is 0 Å². The Morgan fingerprint density at radius 3 is 2.90 bits per heavy atom. The van der Waals surface area contributed by atoms with Crippen molar-refractivity contribution in [2.45, 2.75) is 44.9 Å². The molecule has 1 saturated heterocycles. The molecule has 0 radical (unpaired) electrons. The molecule has 5 heteroatoms. The van der Waals surface area contributed by atoms with E-state index in [9.17, 15) is 9.18 Å². The number of hydrogen-bond acceptors (Lipinski definition) is 3. The highest BCUT2D eigenvalue weighted by Crippen LogP contribution is 2.21. The zero-order chi connectivity index (χ0) is 14.7. The first-order chi connectivity index (χ1) is 9.51. The summed E-state index contributed by atoms with van der Waals surface area (Å²) in [5.74, 6) is -0.418. The van der Waals surface area contributed by atoms with Gasteiger partial charge in [0.1, 0.15) is 11.9 Å². The third-order valence-electron chi connectivity index (χ3n) is 3.72. The monoisotopic (exact) mass is 280 g/mol. The van der Waals surface area contributed by atoms with Crippen molar-refractivity contribution in [2.24, 2.45) is 5.73 Å². The first-order valence-corrected chi connectivity index (χ1v) is 6.93. The minimum atomic E-state index is -0.443. The van der Waals surface area contributed by atoms with Crippen LogP contribution in [0.1, 0.15) is 36.9 Å². The maximum absolute atomic E-state index is 13.5. The Kier molecular flexibility index (Phi) is 4.73. The van der Waals surface area contributed by atoms with Gasteiger partial charge in [-0.3, -0.25) is 4.79 Å². The van der Waals surface area contributed by atoms with Gasteiger partial charge in [0.05, 0.1) is 12.1 Å². The molecular weight excluding hydrogens is 259 g/mol. The molecule has 0 spiro atoms. The van der Waals surface area contributed by atoms with E-state index in [1.807, 2.05) is 13.0 Å². The first kappa shape index (κ1) is 14.9. The Hall–Kier alpha value is -1.46. The third kappa shape index (κ3) is 3.35. The van der Waals surface area contributed by atoms with Crippen molar-refractivity contribution in [1.82, 2.24) is 5.32 Å². The second-order valence-corrected chi connectivity index (χ2v) is 5.30. The predicted octanol–water partition coefficient (Wildman–Crippen LogP) is 1.82. The second kappa shape index (κ2) is 6.33. The lowest BCUT2D eigenvalue weighted by atomic mass is 10.1. The number of nitrogens with one attached hydrogen (secondary N) is 1. The van der Waals surface area contributed by atoms with Gasteiger partial charge < -0.3 is 15.8 Å². The minimum absolute atomic E-state index is 0.0297. The van der Waals surface area contributed by atoms with E-state index in [4.69, 9.17) is 10.5 Å². The molecule has 110 valence electrons. The summed E-state index contributed by atoms with van der Waals surface area (Å²) in [5.41, 5.74) is 6.86. The molecular formula is C15H21FN2O2. The standard InChI is InChI=1S/C15H21FN2O2/c1-9-3-4-11(7-13(9)16)10(2)18-15(19)14-6-5-12(8-17)20-14/h3-4,7,10,12,14H,5-6,8,17H2,1-2H3,(H,18,19)/t10?,12-,14+/m1/s1. The van der Waals surface area contributed by atoms with Gasteiger partial charge in [-0.25, -0.2) is 4.39 Å². The number of hydrogen-bond donors (Lipinski definition) is 2. The number of ether oxygens (including phenoxy) is 1. The van der Waals surface area contributed by atoms with Gasteiger partial charge in [0.25, 0.3) is 0 Å². The smallest absolute Gasteiger partial charge is 0.249 e. The Morgan fingerprint density at radius 2 is 2.30 bits per heavy atom. The molecule has 0 bridgehead atoms. The minimum Gasteiger partial charge on any atom is -0.364 e. The fourth-order valence-electron chi connectivity index (χ4n) is 2.34. The molecule has 1 amide bonds. The van der Waals surface area contributed by atoms with E-state index >= 15 is 0 Å². The molecule has 1 heterocycles. The van der Waals surface area contributed by atoms with Crippen molar-refractivity contribution in [3.63, 3.8) is 0 Å². The lowest BCUT2D eigenvalue weighted by molar-refractivity contribution is -0.132. The van der Waals surface area contributed by atoms with Crippen LogP contribution < -0.4 is 11.1 Å². The van der Waals surface area contributed by atoms with Gasteiger partial charge >= 0.3 is 0 Å². The number of carbonyl (C=O) groups is 1. The van der Waals surface area contributed by atoms with Crippen LogP contribution in [0.15, 0.2) is 18.2 Å². The highest BCUT2D eigenvalue weighted by Gasteiger charge is 2.30. The number of nitrogens with two attached hydrogens (primary N) is 1. The van der Waals surface area contributed by atoms with Crippen molar-refractivity contribution < 1.29 is 13.9 Å². The van der Waals surface area contributed by atoms with E-state index < -0.39 is 6.10 Å². The quantitative estimate of drug-likeness (QED) is 0.884. The van der Waals surface area contributed by atoms with E-state index in [1.54, 1.807) is 13.0 Å². The molecule has 3 atom stereocenters. The van der Waals surface area contributed by atoms with E-state index in [1.165, 1.54) is 6.07 Å². The van der Waals surface area contributed by atoms with E-state index in [0.29, 0.717) is 18.5 Å². The van der Waals surface area contributed by atoms with Crippen molar-refractivity contribution in [3.8, 4) is 0 Å². The maximum atomic E-state index is 13.5. The average Bonchev–Trinajstić information content (AvgIpc) is 2.90. The summed E-state index contributed by atoms with van der Waals surface area (Å²) >= 11 is 0. The molecule has 1 aromatic rings. The molecule has 4 nitrogen and oxygen atoms in total. The summed E-state index contributed by atoms with van der Waals surface area (Å²) in [5, 5.41) is 2.86. The lowest BCUT2D eigenvalue weighted by Gasteiger charge is -2.18.